The van der Waals surface area contributed by atoms with E-state index in [9.17, 15) is 0 Å². The number of hydrogen-bond acceptors (Lipinski definition) is 2. The highest BCUT2D eigenvalue weighted by atomic mass is 35.5. The summed E-state index contributed by atoms with van der Waals surface area (Å²) in [5.74, 6) is 0. The normalized spacial score (nSPS) is 12.5. The van der Waals surface area contributed by atoms with E-state index >= 15 is 0 Å². The van der Waals surface area contributed by atoms with Crippen molar-refractivity contribution in [2.45, 2.75) is 19.9 Å². The van der Waals surface area contributed by atoms with Crippen molar-refractivity contribution in [3.05, 3.63) is 63.9 Å². The molecule has 1 atom stereocenters. The molecular weight excluding hydrogens is 232 g/mol. The molecule has 2 aromatic rings. The molecule has 0 spiro atoms. The van der Waals surface area contributed by atoms with E-state index in [2.05, 4.69) is 4.98 Å². The first kappa shape index (κ1) is 12.1. The van der Waals surface area contributed by atoms with E-state index in [1.807, 2.05) is 44.2 Å². The molecule has 1 aromatic heterocycles. The van der Waals surface area contributed by atoms with Crippen LogP contribution in [0.3, 0.4) is 0 Å². The Labute approximate surface area is 106 Å². The third kappa shape index (κ3) is 2.48. The van der Waals surface area contributed by atoms with Gasteiger partial charge in [-0.1, -0.05) is 29.8 Å². The smallest absolute Gasteiger partial charge is 0.0729 e. The molecule has 0 fully saturated rings. The Morgan fingerprint density at radius 1 is 1.18 bits per heavy atom. The zero-order chi connectivity index (χ0) is 12.4. The Morgan fingerprint density at radius 3 is 2.59 bits per heavy atom. The highest BCUT2D eigenvalue weighted by Gasteiger charge is 2.13. The highest BCUT2D eigenvalue weighted by Crippen LogP contribution is 2.24. The standard InChI is InChI=1S/C14H15ClN2/c1-9-5-6-11(8-12(9)15)13(16)14-10(2)4-3-7-17-14/h3-8,13H,16H2,1-2H3. The third-order valence-electron chi connectivity index (χ3n) is 2.90. The Hall–Kier alpha value is -1.38. The minimum Gasteiger partial charge on any atom is -0.319 e. The molecule has 88 valence electrons. The first-order valence-corrected chi connectivity index (χ1v) is 5.90. The summed E-state index contributed by atoms with van der Waals surface area (Å²) in [6.45, 7) is 3.99. The highest BCUT2D eigenvalue weighted by molar-refractivity contribution is 6.31. The Balaban J connectivity index is 2.40. The number of benzene rings is 1. The second-order valence-electron chi connectivity index (χ2n) is 4.19. The molecule has 0 aliphatic carbocycles. The Morgan fingerprint density at radius 2 is 1.94 bits per heavy atom. The molecule has 0 aliphatic rings. The van der Waals surface area contributed by atoms with Crippen LogP contribution in [0.1, 0.15) is 28.4 Å². The van der Waals surface area contributed by atoms with Gasteiger partial charge in [0.05, 0.1) is 11.7 Å². The van der Waals surface area contributed by atoms with Gasteiger partial charge in [0.2, 0.25) is 0 Å². The molecule has 1 unspecified atom stereocenters. The van der Waals surface area contributed by atoms with Crippen molar-refractivity contribution >= 4 is 11.6 Å². The molecule has 0 bridgehead atoms. The molecule has 0 saturated heterocycles. The van der Waals surface area contributed by atoms with E-state index in [-0.39, 0.29) is 6.04 Å². The van der Waals surface area contributed by atoms with Crippen molar-refractivity contribution in [1.82, 2.24) is 4.98 Å². The van der Waals surface area contributed by atoms with Gasteiger partial charge in [-0.15, -0.1) is 0 Å². The number of aryl methyl sites for hydroxylation is 2. The van der Waals surface area contributed by atoms with Crippen LogP contribution in [0.5, 0.6) is 0 Å². The monoisotopic (exact) mass is 246 g/mol. The number of halogens is 1. The molecule has 17 heavy (non-hydrogen) atoms. The average molecular weight is 247 g/mol. The minimum atomic E-state index is -0.228. The van der Waals surface area contributed by atoms with Crippen LogP contribution in [-0.2, 0) is 0 Å². The van der Waals surface area contributed by atoms with Gasteiger partial charge in [0.15, 0.2) is 0 Å². The van der Waals surface area contributed by atoms with Gasteiger partial charge in [0.25, 0.3) is 0 Å². The maximum atomic E-state index is 6.21. The van der Waals surface area contributed by atoms with Gasteiger partial charge in [-0.05, 0) is 42.7 Å². The fourth-order valence-electron chi connectivity index (χ4n) is 1.78. The van der Waals surface area contributed by atoms with E-state index in [1.165, 1.54) is 0 Å². The first-order chi connectivity index (χ1) is 8.09. The van der Waals surface area contributed by atoms with Crippen molar-refractivity contribution in [2.75, 3.05) is 0 Å². The zero-order valence-electron chi connectivity index (χ0n) is 9.94. The Bertz CT molecular complexity index is 537. The van der Waals surface area contributed by atoms with Gasteiger partial charge in [-0.2, -0.15) is 0 Å². The van der Waals surface area contributed by atoms with Gasteiger partial charge < -0.3 is 5.73 Å². The van der Waals surface area contributed by atoms with Crippen LogP contribution in [0.15, 0.2) is 36.5 Å². The fraction of sp³-hybridized carbons (Fsp3) is 0.214. The van der Waals surface area contributed by atoms with E-state index in [0.717, 1.165) is 27.4 Å². The van der Waals surface area contributed by atoms with Gasteiger partial charge >= 0.3 is 0 Å². The molecule has 2 N–H and O–H groups in total. The maximum Gasteiger partial charge on any atom is 0.0729 e. The van der Waals surface area contributed by atoms with Gasteiger partial charge in [-0.25, -0.2) is 0 Å². The van der Waals surface area contributed by atoms with Crippen LogP contribution in [0, 0.1) is 13.8 Å². The van der Waals surface area contributed by atoms with Crippen LogP contribution in [0.2, 0.25) is 5.02 Å². The van der Waals surface area contributed by atoms with E-state index in [0.29, 0.717) is 0 Å². The van der Waals surface area contributed by atoms with Crippen molar-refractivity contribution in [1.29, 1.82) is 0 Å². The van der Waals surface area contributed by atoms with Crippen LogP contribution in [-0.4, -0.2) is 4.98 Å². The number of nitrogens with two attached hydrogens (primary N) is 1. The molecule has 1 aromatic carbocycles. The van der Waals surface area contributed by atoms with Gasteiger partial charge in [-0.3, -0.25) is 4.98 Å². The summed E-state index contributed by atoms with van der Waals surface area (Å²) < 4.78 is 0. The first-order valence-electron chi connectivity index (χ1n) is 5.52. The van der Waals surface area contributed by atoms with Gasteiger partial charge in [0.1, 0.15) is 0 Å². The molecule has 0 radical (unpaired) electrons. The average Bonchev–Trinajstić information content (AvgIpc) is 2.32. The molecule has 1 heterocycles. The van der Waals surface area contributed by atoms with E-state index in [4.69, 9.17) is 17.3 Å². The van der Waals surface area contributed by atoms with Crippen LogP contribution in [0.25, 0.3) is 0 Å². The van der Waals surface area contributed by atoms with E-state index < -0.39 is 0 Å². The lowest BCUT2D eigenvalue weighted by Crippen LogP contribution is -2.15. The summed E-state index contributed by atoms with van der Waals surface area (Å²) in [4.78, 5) is 4.34. The summed E-state index contributed by atoms with van der Waals surface area (Å²) in [7, 11) is 0. The number of pyridine rings is 1. The third-order valence-corrected chi connectivity index (χ3v) is 3.31. The van der Waals surface area contributed by atoms with Crippen LogP contribution >= 0.6 is 11.6 Å². The second-order valence-corrected chi connectivity index (χ2v) is 4.60. The van der Waals surface area contributed by atoms with Crippen molar-refractivity contribution in [2.24, 2.45) is 5.73 Å². The predicted molar refractivity (Wildman–Crippen MR) is 71.2 cm³/mol. The fourth-order valence-corrected chi connectivity index (χ4v) is 1.97. The van der Waals surface area contributed by atoms with Gasteiger partial charge in [0, 0.05) is 11.2 Å². The summed E-state index contributed by atoms with van der Waals surface area (Å²) in [6, 6.07) is 9.59. The van der Waals surface area contributed by atoms with Crippen LogP contribution in [0.4, 0.5) is 0 Å². The SMILES string of the molecule is Cc1ccc(C(N)c2ncccc2C)cc1Cl. The number of aromatic nitrogens is 1. The molecule has 0 saturated carbocycles. The zero-order valence-corrected chi connectivity index (χ0v) is 10.7. The maximum absolute atomic E-state index is 6.21. The topological polar surface area (TPSA) is 38.9 Å². The minimum absolute atomic E-state index is 0.228. The number of rotatable bonds is 2. The summed E-state index contributed by atoms with van der Waals surface area (Å²) in [5.41, 5.74) is 10.2. The largest absolute Gasteiger partial charge is 0.319 e. The molecule has 0 amide bonds. The van der Waals surface area contributed by atoms with Crippen LogP contribution < -0.4 is 5.73 Å². The van der Waals surface area contributed by atoms with Crippen molar-refractivity contribution < 1.29 is 0 Å². The quantitative estimate of drug-likeness (QED) is 0.882. The second kappa shape index (κ2) is 4.86. The predicted octanol–water partition coefficient (Wildman–Crippen LogP) is 3.40. The van der Waals surface area contributed by atoms with Crippen molar-refractivity contribution in [3.63, 3.8) is 0 Å². The van der Waals surface area contributed by atoms with E-state index in [1.54, 1.807) is 6.20 Å². The summed E-state index contributed by atoms with van der Waals surface area (Å²) in [5, 5.41) is 0.742. The summed E-state index contributed by atoms with van der Waals surface area (Å²) in [6.07, 6.45) is 1.76. The number of nitrogens with zero attached hydrogens (tertiary/aromatic N) is 1. The molecule has 0 aliphatic heterocycles. The lowest BCUT2D eigenvalue weighted by atomic mass is 10.00. The lowest BCUT2D eigenvalue weighted by Gasteiger charge is -2.14. The molecule has 2 rings (SSSR count). The lowest BCUT2D eigenvalue weighted by molar-refractivity contribution is 0.817. The summed E-state index contributed by atoms with van der Waals surface area (Å²) >= 11 is 6.11. The van der Waals surface area contributed by atoms with Crippen molar-refractivity contribution in [3.8, 4) is 0 Å². The molecular formula is C14H15ClN2. The molecule has 2 nitrogen and oxygen atoms in total. The number of hydrogen-bond donors (Lipinski definition) is 1. The molecule has 3 heteroatoms. The Kier molecular flexibility index (Phi) is 3.46.